The van der Waals surface area contributed by atoms with Crippen molar-refractivity contribution >= 4 is 0 Å². The Labute approximate surface area is 75.6 Å². The lowest BCUT2D eigenvalue weighted by atomic mass is 10.4. The van der Waals surface area contributed by atoms with Crippen LogP contribution in [0.1, 0.15) is 6.92 Å². The van der Waals surface area contributed by atoms with Gasteiger partial charge in [-0.1, -0.05) is 0 Å². The number of methoxy groups -OCH3 is 1. The van der Waals surface area contributed by atoms with Gasteiger partial charge in [0.15, 0.2) is 0 Å². The maximum Gasteiger partial charge on any atom is 0.267 e. The molecule has 1 aromatic rings. The van der Waals surface area contributed by atoms with Crippen LogP contribution < -0.4 is 10.3 Å². The second kappa shape index (κ2) is 4.04. The van der Waals surface area contributed by atoms with Crippen molar-refractivity contribution in [2.75, 3.05) is 7.11 Å². The van der Waals surface area contributed by atoms with Gasteiger partial charge in [-0.2, -0.15) is 0 Å². The topological polar surface area (TPSA) is 64.3 Å². The summed E-state index contributed by atoms with van der Waals surface area (Å²) in [5.74, 6) is 0.361. The monoisotopic (exact) mass is 184 g/mol. The molecule has 0 aliphatic heterocycles. The van der Waals surface area contributed by atoms with Gasteiger partial charge >= 0.3 is 0 Å². The molecule has 0 radical (unpaired) electrons. The van der Waals surface area contributed by atoms with E-state index in [9.17, 15) is 4.79 Å². The van der Waals surface area contributed by atoms with Gasteiger partial charge in [0.05, 0.1) is 19.8 Å². The maximum absolute atomic E-state index is 11.2. The summed E-state index contributed by atoms with van der Waals surface area (Å²) < 4.78 is 6.01. The predicted octanol–water partition coefficient (Wildman–Crippen LogP) is -0.367. The molecule has 1 aromatic heterocycles. The van der Waals surface area contributed by atoms with Crippen molar-refractivity contribution in [1.29, 1.82) is 0 Å². The average molecular weight is 184 g/mol. The van der Waals surface area contributed by atoms with E-state index in [1.54, 1.807) is 6.92 Å². The minimum absolute atomic E-state index is 0.177. The van der Waals surface area contributed by atoms with E-state index >= 15 is 0 Å². The Bertz CT molecular complexity index is 332. The van der Waals surface area contributed by atoms with Gasteiger partial charge in [-0.15, -0.1) is 5.10 Å². The first kappa shape index (κ1) is 9.73. The fourth-order valence-electron chi connectivity index (χ4n) is 0.920. The van der Waals surface area contributed by atoms with Crippen molar-refractivity contribution in [3.05, 3.63) is 22.5 Å². The third-order valence-electron chi connectivity index (χ3n) is 1.49. The third-order valence-corrected chi connectivity index (χ3v) is 1.49. The van der Waals surface area contributed by atoms with Crippen LogP contribution in [-0.2, 0) is 6.54 Å². The molecule has 0 saturated heterocycles. The zero-order chi connectivity index (χ0) is 9.84. The number of aliphatic hydroxyl groups excluding tert-OH is 1. The zero-order valence-electron chi connectivity index (χ0n) is 7.60. The van der Waals surface area contributed by atoms with Crippen LogP contribution in [0, 0.1) is 0 Å². The van der Waals surface area contributed by atoms with Crippen molar-refractivity contribution in [2.24, 2.45) is 0 Å². The Kier molecular flexibility index (Phi) is 3.02. The van der Waals surface area contributed by atoms with Crippen LogP contribution in [-0.4, -0.2) is 28.1 Å². The number of ether oxygens (including phenoxy) is 1. The molecule has 1 rings (SSSR count). The van der Waals surface area contributed by atoms with Crippen LogP contribution in [0.2, 0.25) is 0 Å². The Balaban J connectivity index is 2.97. The molecule has 0 aliphatic carbocycles. The molecule has 0 amide bonds. The Morgan fingerprint density at radius 1 is 1.69 bits per heavy atom. The fourth-order valence-corrected chi connectivity index (χ4v) is 0.920. The van der Waals surface area contributed by atoms with Crippen molar-refractivity contribution in [3.63, 3.8) is 0 Å². The minimum atomic E-state index is -0.600. The van der Waals surface area contributed by atoms with Crippen LogP contribution in [0.25, 0.3) is 0 Å². The van der Waals surface area contributed by atoms with E-state index in [1.807, 2.05) is 0 Å². The van der Waals surface area contributed by atoms with Crippen molar-refractivity contribution < 1.29 is 9.84 Å². The molecule has 5 heteroatoms. The summed E-state index contributed by atoms with van der Waals surface area (Å²) in [5.41, 5.74) is -0.248. The Morgan fingerprint density at radius 3 is 2.92 bits per heavy atom. The third kappa shape index (κ3) is 2.55. The molecule has 0 saturated carbocycles. The van der Waals surface area contributed by atoms with Gasteiger partial charge in [0.25, 0.3) is 5.56 Å². The standard InChI is InChI=1S/C8H12N2O3/c1-6(11)5-10-8(12)4-3-7(9-10)13-2/h3-4,6,11H,5H2,1-2H3/t6-/m0/s1. The molecule has 0 aromatic carbocycles. The lowest BCUT2D eigenvalue weighted by molar-refractivity contribution is 0.164. The second-order valence-corrected chi connectivity index (χ2v) is 2.75. The summed E-state index contributed by atoms with van der Waals surface area (Å²) >= 11 is 0. The Hall–Kier alpha value is -1.36. The highest BCUT2D eigenvalue weighted by Gasteiger charge is 2.02. The van der Waals surface area contributed by atoms with E-state index in [2.05, 4.69) is 5.10 Å². The second-order valence-electron chi connectivity index (χ2n) is 2.75. The van der Waals surface area contributed by atoms with Gasteiger partial charge in [-0.05, 0) is 6.92 Å². The molecule has 0 unspecified atom stereocenters. The van der Waals surface area contributed by atoms with Crippen LogP contribution in [0.3, 0.4) is 0 Å². The van der Waals surface area contributed by atoms with Crippen LogP contribution in [0.15, 0.2) is 16.9 Å². The van der Waals surface area contributed by atoms with Crippen molar-refractivity contribution in [2.45, 2.75) is 19.6 Å². The highest BCUT2D eigenvalue weighted by Crippen LogP contribution is 1.99. The largest absolute Gasteiger partial charge is 0.480 e. The molecule has 72 valence electrons. The SMILES string of the molecule is COc1ccc(=O)n(C[C@H](C)O)n1. The maximum atomic E-state index is 11.2. The first-order valence-electron chi connectivity index (χ1n) is 3.93. The quantitative estimate of drug-likeness (QED) is 0.696. The van der Waals surface area contributed by atoms with Gasteiger partial charge in [0, 0.05) is 12.1 Å². The molecule has 1 atom stereocenters. The smallest absolute Gasteiger partial charge is 0.267 e. The van der Waals surface area contributed by atoms with Gasteiger partial charge in [-0.3, -0.25) is 4.79 Å². The van der Waals surface area contributed by atoms with Gasteiger partial charge < -0.3 is 9.84 Å². The molecule has 0 aliphatic rings. The lowest BCUT2D eigenvalue weighted by Gasteiger charge is -2.07. The normalized spacial score (nSPS) is 12.5. The molecule has 0 bridgehead atoms. The Morgan fingerprint density at radius 2 is 2.38 bits per heavy atom. The molecule has 1 N–H and O–H groups in total. The summed E-state index contributed by atoms with van der Waals surface area (Å²) in [6.45, 7) is 1.77. The molecular weight excluding hydrogens is 172 g/mol. The minimum Gasteiger partial charge on any atom is -0.480 e. The number of hydrogen-bond donors (Lipinski definition) is 1. The van der Waals surface area contributed by atoms with Gasteiger partial charge in [-0.25, -0.2) is 4.68 Å². The van der Waals surface area contributed by atoms with Crippen molar-refractivity contribution in [3.8, 4) is 5.88 Å². The summed E-state index contributed by atoms with van der Waals surface area (Å²) in [5, 5.41) is 12.9. The molecule has 0 spiro atoms. The summed E-state index contributed by atoms with van der Waals surface area (Å²) in [4.78, 5) is 11.2. The number of rotatable bonds is 3. The molecule has 1 heterocycles. The highest BCUT2D eigenvalue weighted by molar-refractivity contribution is 5.05. The number of nitrogens with zero attached hydrogens (tertiary/aromatic N) is 2. The summed E-state index contributed by atoms with van der Waals surface area (Å²) in [6.07, 6.45) is -0.600. The van der Waals surface area contributed by atoms with E-state index in [0.29, 0.717) is 5.88 Å². The molecule has 0 fully saturated rings. The molecule has 5 nitrogen and oxygen atoms in total. The van der Waals surface area contributed by atoms with Crippen LogP contribution >= 0.6 is 0 Å². The predicted molar refractivity (Wildman–Crippen MR) is 46.7 cm³/mol. The number of aliphatic hydroxyl groups is 1. The first-order chi connectivity index (χ1) is 6.13. The summed E-state index contributed by atoms with van der Waals surface area (Å²) in [7, 11) is 1.47. The van der Waals surface area contributed by atoms with E-state index in [1.165, 1.54) is 23.9 Å². The highest BCUT2D eigenvalue weighted by atomic mass is 16.5. The summed E-state index contributed by atoms with van der Waals surface area (Å²) in [6, 6.07) is 2.84. The first-order valence-corrected chi connectivity index (χ1v) is 3.93. The van der Waals surface area contributed by atoms with Crippen LogP contribution in [0.4, 0.5) is 0 Å². The molecule has 13 heavy (non-hydrogen) atoms. The average Bonchev–Trinajstić information content (AvgIpc) is 2.08. The molecular formula is C8H12N2O3. The van der Waals surface area contributed by atoms with Crippen LogP contribution in [0.5, 0.6) is 5.88 Å². The van der Waals surface area contributed by atoms with Gasteiger partial charge in [0.1, 0.15) is 0 Å². The van der Waals surface area contributed by atoms with E-state index in [0.717, 1.165) is 0 Å². The van der Waals surface area contributed by atoms with Gasteiger partial charge in [0.2, 0.25) is 5.88 Å². The fraction of sp³-hybridized carbons (Fsp3) is 0.500. The van der Waals surface area contributed by atoms with Crippen molar-refractivity contribution in [1.82, 2.24) is 9.78 Å². The van der Waals surface area contributed by atoms with E-state index in [-0.39, 0.29) is 12.1 Å². The van der Waals surface area contributed by atoms with E-state index in [4.69, 9.17) is 9.84 Å². The zero-order valence-corrected chi connectivity index (χ0v) is 7.60. The lowest BCUT2D eigenvalue weighted by Crippen LogP contribution is -2.26. The van der Waals surface area contributed by atoms with E-state index < -0.39 is 6.10 Å². The number of aromatic nitrogens is 2. The number of hydrogen-bond acceptors (Lipinski definition) is 4.